The molecule has 3 heterocycles. The zero-order chi connectivity index (χ0) is 22.9. The Morgan fingerprint density at radius 2 is 2.06 bits per heavy atom. The van der Waals surface area contributed by atoms with Crippen LogP contribution in [0, 0.1) is 6.92 Å². The van der Waals surface area contributed by atoms with Gasteiger partial charge in [0.1, 0.15) is 5.69 Å². The van der Waals surface area contributed by atoms with Gasteiger partial charge in [0.25, 0.3) is 5.91 Å². The monoisotopic (exact) mass is 442 g/mol. The van der Waals surface area contributed by atoms with E-state index in [-0.39, 0.29) is 24.7 Å². The molecule has 0 aliphatic carbocycles. The number of hydrogen-bond donors (Lipinski definition) is 1. The van der Waals surface area contributed by atoms with Crippen LogP contribution in [0.3, 0.4) is 0 Å². The van der Waals surface area contributed by atoms with Gasteiger partial charge >= 0.3 is 18.1 Å². The second-order valence-corrected chi connectivity index (χ2v) is 6.60. The topological polar surface area (TPSA) is 124 Å². The number of aromatic nitrogens is 3. The first-order chi connectivity index (χ1) is 14.5. The van der Waals surface area contributed by atoms with Crippen molar-refractivity contribution in [2.75, 3.05) is 18.1 Å². The number of aliphatic carboxylic acids is 1. The van der Waals surface area contributed by atoms with Crippen molar-refractivity contribution in [1.29, 1.82) is 0 Å². The minimum Gasteiger partial charge on any atom is -0.478 e. The van der Waals surface area contributed by atoms with Gasteiger partial charge in [-0.1, -0.05) is 0 Å². The summed E-state index contributed by atoms with van der Waals surface area (Å²) in [5.74, 6) is -3.20. The van der Waals surface area contributed by atoms with Gasteiger partial charge in [-0.3, -0.25) is 19.5 Å². The summed E-state index contributed by atoms with van der Waals surface area (Å²) in [4.78, 5) is 39.9. The third kappa shape index (κ3) is 4.66. The number of ether oxygens (including phenoxy) is 2. The SMILES string of the molecule is CC(=O)O[C@@H](C(=O)O)C1OCCN(c2cc(C)n(-c3ccnc(C(F)(F)F)c3)n2)C1=O. The molecule has 1 saturated heterocycles. The molecule has 1 aliphatic rings. The molecule has 166 valence electrons. The van der Waals surface area contributed by atoms with Crippen LogP contribution in [0.5, 0.6) is 0 Å². The minimum atomic E-state index is -4.64. The predicted molar refractivity (Wildman–Crippen MR) is 96.4 cm³/mol. The van der Waals surface area contributed by atoms with E-state index >= 15 is 0 Å². The third-order valence-corrected chi connectivity index (χ3v) is 4.36. The smallest absolute Gasteiger partial charge is 0.433 e. The second kappa shape index (κ2) is 8.34. The highest BCUT2D eigenvalue weighted by Gasteiger charge is 2.43. The molecule has 0 bridgehead atoms. The first-order valence-electron chi connectivity index (χ1n) is 8.92. The summed E-state index contributed by atoms with van der Waals surface area (Å²) in [6.45, 7) is 2.52. The lowest BCUT2D eigenvalue weighted by Gasteiger charge is -2.33. The number of nitrogens with zero attached hydrogens (tertiary/aromatic N) is 4. The highest BCUT2D eigenvalue weighted by atomic mass is 19.4. The highest BCUT2D eigenvalue weighted by molar-refractivity contribution is 6.00. The van der Waals surface area contributed by atoms with Crippen molar-refractivity contribution in [3.8, 4) is 5.69 Å². The normalized spacial score (nSPS) is 18.0. The van der Waals surface area contributed by atoms with Gasteiger partial charge in [0.05, 0.1) is 18.8 Å². The predicted octanol–water partition coefficient (Wildman–Crippen LogP) is 1.34. The van der Waals surface area contributed by atoms with Gasteiger partial charge in [0.15, 0.2) is 11.9 Å². The maximum absolute atomic E-state index is 13.0. The summed E-state index contributed by atoms with van der Waals surface area (Å²) in [6, 6.07) is 3.59. The summed E-state index contributed by atoms with van der Waals surface area (Å²) in [7, 11) is 0. The van der Waals surface area contributed by atoms with E-state index in [9.17, 15) is 32.7 Å². The van der Waals surface area contributed by atoms with Crippen LogP contribution in [-0.2, 0) is 30.0 Å². The Morgan fingerprint density at radius 1 is 1.35 bits per heavy atom. The fraction of sp³-hybridized carbons (Fsp3) is 0.389. The van der Waals surface area contributed by atoms with Crippen molar-refractivity contribution in [3.63, 3.8) is 0 Å². The van der Waals surface area contributed by atoms with Crippen LogP contribution < -0.4 is 4.90 Å². The minimum absolute atomic E-state index is 0.0162. The van der Waals surface area contributed by atoms with Crippen molar-refractivity contribution in [2.45, 2.75) is 32.2 Å². The molecule has 1 N–H and O–H groups in total. The Balaban J connectivity index is 1.91. The molecule has 0 radical (unpaired) electrons. The van der Waals surface area contributed by atoms with Gasteiger partial charge in [-0.05, 0) is 19.1 Å². The third-order valence-electron chi connectivity index (χ3n) is 4.36. The standard InChI is InChI=1S/C18H17F3N4O6/c1-9-7-13(23-25(9)11-3-4-22-12(8-11)18(19,20)21)24-5-6-30-14(16(24)27)15(17(28)29)31-10(2)26/h3-4,7-8,14-15H,5-6H2,1-2H3,(H,28,29)/t14?,15-/m1/s1. The molecule has 1 amide bonds. The number of aryl methyl sites for hydroxylation is 1. The quantitative estimate of drug-likeness (QED) is 0.688. The lowest BCUT2D eigenvalue weighted by Crippen LogP contribution is -2.55. The van der Waals surface area contributed by atoms with E-state index in [1.807, 2.05) is 0 Å². The number of hydrogen-bond acceptors (Lipinski definition) is 7. The number of anilines is 1. The molecule has 10 nitrogen and oxygen atoms in total. The molecule has 2 aromatic rings. The average molecular weight is 442 g/mol. The van der Waals surface area contributed by atoms with E-state index < -0.39 is 41.9 Å². The van der Waals surface area contributed by atoms with Gasteiger partial charge in [-0.15, -0.1) is 5.10 Å². The van der Waals surface area contributed by atoms with Crippen LogP contribution in [0.2, 0.25) is 0 Å². The van der Waals surface area contributed by atoms with Gasteiger partial charge in [0.2, 0.25) is 6.10 Å². The molecule has 13 heteroatoms. The fourth-order valence-electron chi connectivity index (χ4n) is 3.03. The number of carbonyl (C=O) groups excluding carboxylic acids is 2. The summed E-state index contributed by atoms with van der Waals surface area (Å²) >= 11 is 0. The van der Waals surface area contributed by atoms with Crippen LogP contribution in [0.4, 0.5) is 19.0 Å². The largest absolute Gasteiger partial charge is 0.478 e. The van der Waals surface area contributed by atoms with E-state index in [1.54, 1.807) is 6.92 Å². The molecule has 0 aromatic carbocycles. The first-order valence-corrected chi connectivity index (χ1v) is 8.92. The molecule has 1 aliphatic heterocycles. The number of morpholine rings is 1. The number of rotatable bonds is 5. The van der Waals surface area contributed by atoms with Gasteiger partial charge < -0.3 is 14.6 Å². The zero-order valence-electron chi connectivity index (χ0n) is 16.3. The second-order valence-electron chi connectivity index (χ2n) is 6.60. The molecule has 1 fully saturated rings. The Labute approximate surface area is 173 Å². The van der Waals surface area contributed by atoms with Crippen molar-refractivity contribution < 1.29 is 42.1 Å². The van der Waals surface area contributed by atoms with Crippen molar-refractivity contribution in [2.24, 2.45) is 0 Å². The molecule has 31 heavy (non-hydrogen) atoms. The molecular formula is C18H17F3N4O6. The summed E-state index contributed by atoms with van der Waals surface area (Å²) in [5, 5.41) is 13.5. The number of carboxylic acids is 1. The van der Waals surface area contributed by atoms with Gasteiger partial charge in [-0.25, -0.2) is 9.48 Å². The fourth-order valence-corrected chi connectivity index (χ4v) is 3.03. The Kier molecular flexibility index (Phi) is 5.97. The number of amides is 1. The van der Waals surface area contributed by atoms with Gasteiger partial charge in [-0.2, -0.15) is 13.2 Å². The van der Waals surface area contributed by atoms with Crippen molar-refractivity contribution in [1.82, 2.24) is 14.8 Å². The first kappa shape index (κ1) is 22.2. The van der Waals surface area contributed by atoms with Crippen LogP contribution in [0.25, 0.3) is 5.69 Å². The van der Waals surface area contributed by atoms with Crippen LogP contribution in [0.1, 0.15) is 18.3 Å². The maximum Gasteiger partial charge on any atom is 0.433 e. The zero-order valence-corrected chi connectivity index (χ0v) is 16.3. The van der Waals surface area contributed by atoms with E-state index in [1.165, 1.54) is 16.8 Å². The number of pyridine rings is 1. The number of alkyl halides is 3. The lowest BCUT2D eigenvalue weighted by atomic mass is 10.1. The Bertz CT molecular complexity index is 1020. The Hall–Kier alpha value is -3.48. The van der Waals surface area contributed by atoms with Crippen molar-refractivity contribution >= 4 is 23.7 Å². The van der Waals surface area contributed by atoms with E-state index in [2.05, 4.69) is 10.1 Å². The summed E-state index contributed by atoms with van der Waals surface area (Å²) in [5.41, 5.74) is -0.610. The van der Waals surface area contributed by atoms with Crippen molar-refractivity contribution in [3.05, 3.63) is 35.8 Å². The molecule has 0 saturated carbocycles. The Morgan fingerprint density at radius 3 is 2.68 bits per heavy atom. The van der Waals surface area contributed by atoms with E-state index in [0.29, 0.717) is 5.69 Å². The van der Waals surface area contributed by atoms with Crippen LogP contribution >= 0.6 is 0 Å². The van der Waals surface area contributed by atoms with Crippen LogP contribution in [0.15, 0.2) is 24.4 Å². The summed E-state index contributed by atoms with van der Waals surface area (Å²) in [6.07, 6.45) is -7.11. The lowest BCUT2D eigenvalue weighted by molar-refractivity contribution is -0.177. The van der Waals surface area contributed by atoms with E-state index in [0.717, 1.165) is 24.1 Å². The number of halogens is 3. The molecular weight excluding hydrogens is 425 g/mol. The maximum atomic E-state index is 13.0. The molecule has 2 atom stereocenters. The highest BCUT2D eigenvalue weighted by Crippen LogP contribution is 2.29. The summed E-state index contributed by atoms with van der Waals surface area (Å²) < 4.78 is 50.0. The molecule has 3 rings (SSSR count). The molecule has 1 unspecified atom stereocenters. The molecule has 0 spiro atoms. The number of carboxylic acid groups (broad SMARTS) is 1. The molecule has 2 aromatic heterocycles. The van der Waals surface area contributed by atoms with Crippen LogP contribution in [-0.4, -0.2) is 63.1 Å². The average Bonchev–Trinajstić information content (AvgIpc) is 3.07. The number of esters is 1. The van der Waals surface area contributed by atoms with Gasteiger partial charge in [0, 0.05) is 24.9 Å². The van der Waals surface area contributed by atoms with E-state index in [4.69, 9.17) is 9.47 Å². The number of carbonyl (C=O) groups is 3.